The van der Waals surface area contributed by atoms with E-state index in [1.807, 2.05) is 0 Å². The van der Waals surface area contributed by atoms with Crippen molar-refractivity contribution < 1.29 is 9.53 Å². The van der Waals surface area contributed by atoms with Gasteiger partial charge in [0.15, 0.2) is 0 Å². The molecule has 104 valence electrons. The number of morpholine rings is 1. The van der Waals surface area contributed by atoms with Gasteiger partial charge in [0.25, 0.3) is 0 Å². The fourth-order valence-electron chi connectivity index (χ4n) is 2.89. The summed E-state index contributed by atoms with van der Waals surface area (Å²) in [6.07, 6.45) is 8.51. The van der Waals surface area contributed by atoms with E-state index in [0.29, 0.717) is 19.6 Å². The molecule has 1 aliphatic heterocycles. The smallest absolute Gasteiger partial charge is 0.220 e. The largest absolute Gasteiger partial charge is 0.378 e. The standard InChI is InChI=1S/C14H26N2O2/c17-14(7-6-12-4-2-1-3-5-12)16-10-13-11-18-9-8-15-13/h12-13,15H,1-11H2,(H,16,17). The molecule has 2 fully saturated rings. The molecule has 2 aliphatic rings. The van der Waals surface area contributed by atoms with Crippen LogP contribution in [-0.4, -0.2) is 38.3 Å². The zero-order chi connectivity index (χ0) is 12.6. The summed E-state index contributed by atoms with van der Waals surface area (Å²) in [5.41, 5.74) is 0. The summed E-state index contributed by atoms with van der Waals surface area (Å²) in [7, 11) is 0. The molecule has 2 N–H and O–H groups in total. The summed E-state index contributed by atoms with van der Waals surface area (Å²) < 4.78 is 5.36. The first kappa shape index (κ1) is 13.8. The van der Waals surface area contributed by atoms with Crippen LogP contribution in [0.4, 0.5) is 0 Å². The predicted octanol–water partition coefficient (Wildman–Crippen LogP) is 1.45. The van der Waals surface area contributed by atoms with Crippen LogP contribution < -0.4 is 10.6 Å². The fraction of sp³-hybridized carbons (Fsp3) is 0.929. The third-order valence-corrected chi connectivity index (χ3v) is 4.05. The van der Waals surface area contributed by atoms with Gasteiger partial charge in [0.2, 0.25) is 5.91 Å². The number of carbonyl (C=O) groups excluding carboxylic acids is 1. The van der Waals surface area contributed by atoms with Gasteiger partial charge in [0.1, 0.15) is 0 Å². The van der Waals surface area contributed by atoms with Crippen LogP contribution in [0.3, 0.4) is 0 Å². The van der Waals surface area contributed by atoms with Gasteiger partial charge in [-0.3, -0.25) is 4.79 Å². The average Bonchev–Trinajstić information content (AvgIpc) is 2.45. The Morgan fingerprint density at radius 3 is 2.83 bits per heavy atom. The lowest BCUT2D eigenvalue weighted by Gasteiger charge is -2.24. The molecule has 1 atom stereocenters. The Kier molecular flexibility index (Phi) is 5.94. The van der Waals surface area contributed by atoms with Crippen molar-refractivity contribution >= 4 is 5.91 Å². The van der Waals surface area contributed by atoms with Crippen molar-refractivity contribution in [3.05, 3.63) is 0 Å². The predicted molar refractivity (Wildman–Crippen MR) is 71.4 cm³/mol. The Hall–Kier alpha value is -0.610. The van der Waals surface area contributed by atoms with Crippen LogP contribution in [0.25, 0.3) is 0 Å². The Labute approximate surface area is 110 Å². The van der Waals surface area contributed by atoms with Gasteiger partial charge in [-0.25, -0.2) is 0 Å². The van der Waals surface area contributed by atoms with E-state index in [4.69, 9.17) is 4.74 Å². The number of nitrogens with one attached hydrogen (secondary N) is 2. The summed E-state index contributed by atoms with van der Waals surface area (Å²) in [4.78, 5) is 11.7. The molecule has 0 aromatic heterocycles. The molecule has 1 aliphatic carbocycles. The minimum Gasteiger partial charge on any atom is -0.378 e. The van der Waals surface area contributed by atoms with Crippen molar-refractivity contribution in [1.29, 1.82) is 0 Å². The highest BCUT2D eigenvalue weighted by Gasteiger charge is 2.16. The summed E-state index contributed by atoms with van der Waals surface area (Å²) in [5, 5.41) is 6.35. The van der Waals surface area contributed by atoms with E-state index in [-0.39, 0.29) is 11.9 Å². The topological polar surface area (TPSA) is 50.4 Å². The molecule has 1 saturated heterocycles. The highest BCUT2D eigenvalue weighted by molar-refractivity contribution is 5.75. The Bertz CT molecular complexity index is 222. The minimum atomic E-state index is 0.202. The highest BCUT2D eigenvalue weighted by atomic mass is 16.5. The molecule has 1 saturated carbocycles. The van der Waals surface area contributed by atoms with Gasteiger partial charge in [0, 0.05) is 25.6 Å². The molecule has 18 heavy (non-hydrogen) atoms. The summed E-state index contributed by atoms with van der Waals surface area (Å²) >= 11 is 0. The monoisotopic (exact) mass is 254 g/mol. The van der Waals surface area contributed by atoms with Crippen molar-refractivity contribution in [3.63, 3.8) is 0 Å². The first-order valence-electron chi connectivity index (χ1n) is 7.42. The molecule has 0 bridgehead atoms. The van der Waals surface area contributed by atoms with Crippen LogP contribution in [0.15, 0.2) is 0 Å². The van der Waals surface area contributed by atoms with Gasteiger partial charge in [-0.2, -0.15) is 0 Å². The quantitative estimate of drug-likeness (QED) is 0.781. The maximum atomic E-state index is 11.7. The Morgan fingerprint density at radius 1 is 1.28 bits per heavy atom. The maximum Gasteiger partial charge on any atom is 0.220 e. The molecule has 0 aromatic carbocycles. The Balaban J connectivity index is 1.54. The number of amides is 1. The lowest BCUT2D eigenvalue weighted by Crippen LogP contribution is -2.48. The molecule has 0 aromatic rings. The van der Waals surface area contributed by atoms with Gasteiger partial charge in [-0.15, -0.1) is 0 Å². The van der Waals surface area contributed by atoms with E-state index in [1.54, 1.807) is 0 Å². The number of rotatable bonds is 5. The van der Waals surface area contributed by atoms with Crippen LogP contribution in [0.5, 0.6) is 0 Å². The summed E-state index contributed by atoms with van der Waals surface area (Å²) in [5.74, 6) is 0.994. The Morgan fingerprint density at radius 2 is 2.11 bits per heavy atom. The van der Waals surface area contributed by atoms with Crippen LogP contribution in [0, 0.1) is 5.92 Å². The number of hydrogen-bond acceptors (Lipinski definition) is 3. The lowest BCUT2D eigenvalue weighted by atomic mass is 9.86. The van der Waals surface area contributed by atoms with E-state index in [1.165, 1.54) is 32.1 Å². The second kappa shape index (κ2) is 7.74. The first-order valence-corrected chi connectivity index (χ1v) is 7.42. The van der Waals surface area contributed by atoms with Gasteiger partial charge in [-0.1, -0.05) is 32.1 Å². The van der Waals surface area contributed by atoms with Gasteiger partial charge >= 0.3 is 0 Å². The molecule has 2 rings (SSSR count). The molecule has 1 heterocycles. The summed E-state index contributed by atoms with van der Waals surface area (Å²) in [6.45, 7) is 3.08. The van der Waals surface area contributed by atoms with E-state index < -0.39 is 0 Å². The zero-order valence-electron chi connectivity index (χ0n) is 11.2. The fourth-order valence-corrected chi connectivity index (χ4v) is 2.89. The van der Waals surface area contributed by atoms with Gasteiger partial charge < -0.3 is 15.4 Å². The van der Waals surface area contributed by atoms with Crippen LogP contribution in [0.1, 0.15) is 44.9 Å². The normalized spacial score (nSPS) is 25.9. The average molecular weight is 254 g/mol. The van der Waals surface area contributed by atoms with Gasteiger partial charge in [-0.05, 0) is 12.3 Å². The van der Waals surface area contributed by atoms with Crippen molar-refractivity contribution in [3.8, 4) is 0 Å². The SMILES string of the molecule is O=C(CCC1CCCCC1)NCC1COCCN1. The second-order valence-electron chi connectivity index (χ2n) is 5.57. The zero-order valence-corrected chi connectivity index (χ0v) is 11.2. The van der Waals surface area contributed by atoms with Crippen LogP contribution in [0.2, 0.25) is 0 Å². The number of ether oxygens (including phenoxy) is 1. The highest BCUT2D eigenvalue weighted by Crippen LogP contribution is 2.27. The van der Waals surface area contributed by atoms with E-state index >= 15 is 0 Å². The van der Waals surface area contributed by atoms with Crippen molar-refractivity contribution in [2.75, 3.05) is 26.3 Å². The minimum absolute atomic E-state index is 0.202. The molecule has 4 heteroatoms. The molecule has 0 radical (unpaired) electrons. The van der Waals surface area contributed by atoms with Crippen LogP contribution >= 0.6 is 0 Å². The maximum absolute atomic E-state index is 11.7. The van der Waals surface area contributed by atoms with Gasteiger partial charge in [0.05, 0.1) is 13.2 Å². The number of carbonyl (C=O) groups is 1. The molecular weight excluding hydrogens is 228 g/mol. The molecule has 0 spiro atoms. The van der Waals surface area contributed by atoms with Crippen molar-refractivity contribution in [2.24, 2.45) is 5.92 Å². The first-order chi connectivity index (χ1) is 8.84. The molecule has 1 amide bonds. The third-order valence-electron chi connectivity index (χ3n) is 4.05. The van der Waals surface area contributed by atoms with Crippen molar-refractivity contribution in [1.82, 2.24) is 10.6 Å². The molecule has 4 nitrogen and oxygen atoms in total. The van der Waals surface area contributed by atoms with E-state index in [0.717, 1.165) is 25.5 Å². The number of hydrogen-bond donors (Lipinski definition) is 2. The van der Waals surface area contributed by atoms with E-state index in [2.05, 4.69) is 10.6 Å². The van der Waals surface area contributed by atoms with Crippen LogP contribution in [-0.2, 0) is 9.53 Å². The van der Waals surface area contributed by atoms with E-state index in [9.17, 15) is 4.79 Å². The van der Waals surface area contributed by atoms with Crippen molar-refractivity contribution in [2.45, 2.75) is 51.0 Å². The lowest BCUT2D eigenvalue weighted by molar-refractivity contribution is -0.121. The molecular formula is C14H26N2O2. The second-order valence-corrected chi connectivity index (χ2v) is 5.57. The summed E-state index contributed by atoms with van der Waals surface area (Å²) in [6, 6.07) is 0.289. The third kappa shape index (κ3) is 4.94. The molecule has 1 unspecified atom stereocenters.